The molecule has 2 unspecified atom stereocenters. The van der Waals surface area contributed by atoms with Crippen LogP contribution in [0, 0.1) is 11.8 Å². The number of nitrogens with zero attached hydrogens (tertiary/aromatic N) is 1. The largest absolute Gasteiger partial charge is 0.326 e. The Kier molecular flexibility index (Phi) is 7.12. The summed E-state index contributed by atoms with van der Waals surface area (Å²) in [7, 11) is -3.59. The molecule has 0 bridgehead atoms. The topological polar surface area (TPSA) is 95.6 Å². The van der Waals surface area contributed by atoms with Gasteiger partial charge in [0.25, 0.3) is 5.91 Å². The van der Waals surface area contributed by atoms with Crippen LogP contribution in [0.2, 0.25) is 0 Å². The van der Waals surface area contributed by atoms with Crippen molar-refractivity contribution in [2.45, 2.75) is 38.5 Å². The van der Waals surface area contributed by atoms with Gasteiger partial charge < -0.3 is 10.6 Å². The molecule has 2 aromatic rings. The lowest BCUT2D eigenvalue weighted by Gasteiger charge is -2.34. The first kappa shape index (κ1) is 23.0. The second-order valence-corrected chi connectivity index (χ2v) is 10.2. The second-order valence-electron chi connectivity index (χ2n) is 8.23. The van der Waals surface area contributed by atoms with E-state index < -0.39 is 10.0 Å². The monoisotopic (exact) mass is 443 g/mol. The Morgan fingerprint density at radius 2 is 1.55 bits per heavy atom. The Bertz CT molecular complexity index is 1040. The van der Waals surface area contributed by atoms with E-state index in [1.165, 1.54) is 28.6 Å². The van der Waals surface area contributed by atoms with Gasteiger partial charge in [0.05, 0.1) is 4.90 Å². The standard InChI is InChI=1S/C23H29N3O4S/c1-4-22(27)24-19-6-5-7-20(13-19)25-23(28)18-8-10-21(11-9-18)31(29,30)26-14-16(2)12-17(3)15-26/h5-11,13,16-17H,4,12,14-15H2,1-3H3,(H,24,27)(H,25,28). The minimum Gasteiger partial charge on any atom is -0.326 e. The molecule has 0 spiro atoms. The lowest BCUT2D eigenvalue weighted by molar-refractivity contribution is -0.115. The quantitative estimate of drug-likeness (QED) is 0.707. The van der Waals surface area contributed by atoms with Crippen LogP contribution in [0.4, 0.5) is 11.4 Å². The number of rotatable bonds is 6. The van der Waals surface area contributed by atoms with Crippen molar-refractivity contribution in [3.63, 3.8) is 0 Å². The molecule has 0 aliphatic carbocycles. The maximum absolute atomic E-state index is 13.0. The number of piperidine rings is 1. The van der Waals surface area contributed by atoms with Gasteiger partial charge in [-0.15, -0.1) is 0 Å². The first-order chi connectivity index (χ1) is 14.7. The summed E-state index contributed by atoms with van der Waals surface area (Å²) in [5, 5.41) is 5.52. The summed E-state index contributed by atoms with van der Waals surface area (Å²) < 4.78 is 27.5. The fraction of sp³-hybridized carbons (Fsp3) is 0.391. The van der Waals surface area contributed by atoms with Crippen molar-refractivity contribution in [2.75, 3.05) is 23.7 Å². The third kappa shape index (κ3) is 5.71. The predicted molar refractivity (Wildman–Crippen MR) is 121 cm³/mol. The number of amides is 2. The summed E-state index contributed by atoms with van der Waals surface area (Å²) in [6.45, 7) is 6.92. The van der Waals surface area contributed by atoms with Crippen molar-refractivity contribution in [3.05, 3.63) is 54.1 Å². The van der Waals surface area contributed by atoms with Crippen molar-refractivity contribution >= 4 is 33.2 Å². The fourth-order valence-electron chi connectivity index (χ4n) is 3.86. The van der Waals surface area contributed by atoms with Gasteiger partial charge in [0.2, 0.25) is 15.9 Å². The number of nitrogens with one attached hydrogen (secondary N) is 2. The highest BCUT2D eigenvalue weighted by Gasteiger charge is 2.31. The highest BCUT2D eigenvalue weighted by molar-refractivity contribution is 7.89. The van der Waals surface area contributed by atoms with Crippen molar-refractivity contribution in [2.24, 2.45) is 11.8 Å². The summed E-state index contributed by atoms with van der Waals surface area (Å²) in [6.07, 6.45) is 1.38. The number of carbonyl (C=O) groups excluding carboxylic acids is 2. The lowest BCUT2D eigenvalue weighted by Crippen LogP contribution is -2.42. The molecule has 1 aliphatic rings. The van der Waals surface area contributed by atoms with Gasteiger partial charge in [0.15, 0.2) is 0 Å². The Morgan fingerprint density at radius 3 is 2.13 bits per heavy atom. The average Bonchev–Trinajstić information content (AvgIpc) is 2.73. The third-order valence-corrected chi connectivity index (χ3v) is 7.16. The van der Waals surface area contributed by atoms with Crippen LogP contribution < -0.4 is 10.6 Å². The van der Waals surface area contributed by atoms with E-state index in [0.29, 0.717) is 48.3 Å². The second kappa shape index (κ2) is 9.62. The number of anilines is 2. The molecule has 0 saturated carbocycles. The maximum Gasteiger partial charge on any atom is 0.255 e. The van der Waals surface area contributed by atoms with Crippen LogP contribution in [0.15, 0.2) is 53.4 Å². The first-order valence-electron chi connectivity index (χ1n) is 10.5. The molecule has 1 fully saturated rings. The van der Waals surface area contributed by atoms with Gasteiger partial charge >= 0.3 is 0 Å². The molecule has 2 aromatic carbocycles. The minimum absolute atomic E-state index is 0.113. The van der Waals surface area contributed by atoms with Crippen molar-refractivity contribution in [3.8, 4) is 0 Å². The molecule has 7 nitrogen and oxygen atoms in total. The van der Waals surface area contributed by atoms with E-state index in [1.807, 2.05) is 0 Å². The van der Waals surface area contributed by atoms with E-state index >= 15 is 0 Å². The van der Waals surface area contributed by atoms with Crippen LogP contribution in [0.1, 0.15) is 44.0 Å². The van der Waals surface area contributed by atoms with Crippen LogP contribution >= 0.6 is 0 Å². The molecule has 31 heavy (non-hydrogen) atoms. The molecule has 2 atom stereocenters. The van der Waals surface area contributed by atoms with E-state index in [9.17, 15) is 18.0 Å². The van der Waals surface area contributed by atoms with Gasteiger partial charge in [-0.3, -0.25) is 9.59 Å². The van der Waals surface area contributed by atoms with Crippen molar-refractivity contribution < 1.29 is 18.0 Å². The molecule has 0 radical (unpaired) electrons. The highest BCUT2D eigenvalue weighted by atomic mass is 32.2. The number of benzene rings is 2. The van der Waals surface area contributed by atoms with Crippen molar-refractivity contribution in [1.82, 2.24) is 4.31 Å². The molecule has 1 saturated heterocycles. The Labute approximate surface area is 183 Å². The molecular weight excluding hydrogens is 414 g/mol. The summed E-state index contributed by atoms with van der Waals surface area (Å²) in [5.74, 6) is 0.170. The predicted octanol–water partition coefficient (Wildman–Crippen LogP) is 3.95. The molecule has 2 amide bonds. The first-order valence-corrected chi connectivity index (χ1v) is 11.9. The van der Waals surface area contributed by atoms with Gasteiger partial charge in [-0.2, -0.15) is 4.31 Å². The Morgan fingerprint density at radius 1 is 0.968 bits per heavy atom. The number of hydrogen-bond acceptors (Lipinski definition) is 4. The normalized spacial score (nSPS) is 19.6. The van der Waals surface area contributed by atoms with Crippen molar-refractivity contribution in [1.29, 1.82) is 0 Å². The third-order valence-electron chi connectivity index (χ3n) is 5.31. The molecule has 0 aromatic heterocycles. The molecule has 2 N–H and O–H groups in total. The Hall–Kier alpha value is -2.71. The van der Waals surface area contributed by atoms with E-state index in [-0.39, 0.29) is 16.7 Å². The molecule has 8 heteroatoms. The van der Waals surface area contributed by atoms with Gasteiger partial charge in [0.1, 0.15) is 0 Å². The van der Waals surface area contributed by atoms with Gasteiger partial charge in [-0.1, -0.05) is 26.8 Å². The van der Waals surface area contributed by atoms with Crippen LogP contribution in [0.3, 0.4) is 0 Å². The average molecular weight is 444 g/mol. The van der Waals surface area contributed by atoms with Gasteiger partial charge in [-0.05, 0) is 60.7 Å². The summed E-state index contributed by atoms with van der Waals surface area (Å²) in [6, 6.07) is 12.9. The molecule has 1 aliphatic heterocycles. The highest BCUT2D eigenvalue weighted by Crippen LogP contribution is 2.27. The molecular formula is C23H29N3O4S. The smallest absolute Gasteiger partial charge is 0.255 e. The summed E-state index contributed by atoms with van der Waals surface area (Å²) in [4.78, 5) is 24.3. The van der Waals surface area contributed by atoms with Gasteiger partial charge in [-0.25, -0.2) is 8.42 Å². The molecule has 1 heterocycles. The number of sulfonamides is 1. The van der Waals surface area contributed by atoms with Crippen LogP contribution in [-0.2, 0) is 14.8 Å². The number of carbonyl (C=O) groups is 2. The minimum atomic E-state index is -3.59. The number of hydrogen-bond donors (Lipinski definition) is 2. The zero-order chi connectivity index (χ0) is 22.6. The SMILES string of the molecule is CCC(=O)Nc1cccc(NC(=O)c2ccc(S(=O)(=O)N3CC(C)CC(C)C3)cc2)c1. The van der Waals surface area contributed by atoms with E-state index in [2.05, 4.69) is 24.5 Å². The zero-order valence-electron chi connectivity index (χ0n) is 18.1. The van der Waals surface area contributed by atoms with Crippen LogP contribution in [0.25, 0.3) is 0 Å². The van der Waals surface area contributed by atoms with E-state index in [0.717, 1.165) is 6.42 Å². The zero-order valence-corrected chi connectivity index (χ0v) is 18.9. The van der Waals surface area contributed by atoms with E-state index in [4.69, 9.17) is 0 Å². The van der Waals surface area contributed by atoms with Crippen LogP contribution in [-0.4, -0.2) is 37.6 Å². The summed E-state index contributed by atoms with van der Waals surface area (Å²) in [5.41, 5.74) is 1.48. The Balaban J connectivity index is 1.70. The summed E-state index contributed by atoms with van der Waals surface area (Å²) >= 11 is 0. The molecule has 166 valence electrons. The molecule has 3 rings (SSSR count). The fourth-order valence-corrected chi connectivity index (χ4v) is 5.54. The van der Waals surface area contributed by atoms with Crippen LogP contribution in [0.5, 0.6) is 0 Å². The maximum atomic E-state index is 13.0. The lowest BCUT2D eigenvalue weighted by atomic mass is 9.94. The van der Waals surface area contributed by atoms with Gasteiger partial charge in [0, 0.05) is 36.4 Å². The van der Waals surface area contributed by atoms with E-state index in [1.54, 1.807) is 31.2 Å².